The number of rotatable bonds is 2. The van der Waals surface area contributed by atoms with Gasteiger partial charge in [0.25, 0.3) is 0 Å². The van der Waals surface area contributed by atoms with E-state index in [-0.39, 0.29) is 0 Å². The molecule has 4 rings (SSSR count). The first-order valence-electron chi connectivity index (χ1n) is 6.49. The Morgan fingerprint density at radius 1 is 1.09 bits per heavy atom. The van der Waals surface area contributed by atoms with Crippen LogP contribution in [0.3, 0.4) is 0 Å². The molecular weight excluding hydrogens is 320 g/mol. The van der Waals surface area contributed by atoms with Crippen molar-refractivity contribution in [2.45, 2.75) is 5.16 Å². The molecule has 108 valence electrons. The fourth-order valence-corrected chi connectivity index (χ4v) is 3.05. The Labute approximate surface area is 135 Å². The Bertz CT molecular complexity index is 844. The Kier molecular flexibility index (Phi) is 3.36. The SMILES string of the molecule is Clc1ccc(C2=Nn3c(nnc3-c3cnccn3)SC2)cc1. The van der Waals surface area contributed by atoms with Crippen molar-refractivity contribution in [3.05, 3.63) is 53.4 Å². The van der Waals surface area contributed by atoms with E-state index in [4.69, 9.17) is 11.6 Å². The molecule has 3 aromatic rings. The highest BCUT2D eigenvalue weighted by Crippen LogP contribution is 2.27. The van der Waals surface area contributed by atoms with Gasteiger partial charge in [-0.2, -0.15) is 9.78 Å². The van der Waals surface area contributed by atoms with Gasteiger partial charge in [-0.15, -0.1) is 10.2 Å². The fourth-order valence-electron chi connectivity index (χ4n) is 2.09. The lowest BCUT2D eigenvalue weighted by Crippen LogP contribution is -2.13. The summed E-state index contributed by atoms with van der Waals surface area (Å²) in [6.07, 6.45) is 4.89. The van der Waals surface area contributed by atoms with Gasteiger partial charge in [0.2, 0.25) is 11.0 Å². The Hall–Kier alpha value is -2.25. The van der Waals surface area contributed by atoms with Gasteiger partial charge in [-0.3, -0.25) is 4.98 Å². The normalized spacial score (nSPS) is 13.6. The molecule has 0 unspecified atom stereocenters. The molecule has 3 heterocycles. The topological polar surface area (TPSA) is 68.8 Å². The van der Waals surface area contributed by atoms with Crippen LogP contribution in [0.1, 0.15) is 5.56 Å². The monoisotopic (exact) mass is 328 g/mol. The largest absolute Gasteiger partial charge is 0.261 e. The van der Waals surface area contributed by atoms with Crippen LogP contribution in [0.2, 0.25) is 5.02 Å². The summed E-state index contributed by atoms with van der Waals surface area (Å²) >= 11 is 7.52. The predicted molar refractivity (Wildman–Crippen MR) is 85.2 cm³/mol. The summed E-state index contributed by atoms with van der Waals surface area (Å²) in [5.74, 6) is 1.32. The van der Waals surface area contributed by atoms with Crippen LogP contribution in [0.5, 0.6) is 0 Å². The third-order valence-corrected chi connectivity index (χ3v) is 4.32. The van der Waals surface area contributed by atoms with Crippen molar-refractivity contribution in [2.75, 3.05) is 5.75 Å². The standard InChI is InChI=1S/C14H9ClN6S/c15-10-3-1-9(2-4-10)12-8-22-14-19-18-13(21(14)20-12)11-7-16-5-6-17-11/h1-7H,8H2. The number of aromatic nitrogens is 5. The van der Waals surface area contributed by atoms with Crippen molar-refractivity contribution < 1.29 is 0 Å². The van der Waals surface area contributed by atoms with Crippen molar-refractivity contribution in [3.8, 4) is 11.5 Å². The second-order valence-corrected chi connectivity index (χ2v) is 5.93. The van der Waals surface area contributed by atoms with Crippen molar-refractivity contribution in [2.24, 2.45) is 5.10 Å². The Balaban J connectivity index is 1.79. The predicted octanol–water partition coefficient (Wildman–Crippen LogP) is 2.75. The lowest BCUT2D eigenvalue weighted by Gasteiger charge is -2.13. The molecule has 0 aliphatic carbocycles. The number of halogens is 1. The van der Waals surface area contributed by atoms with Gasteiger partial charge in [0.1, 0.15) is 5.69 Å². The minimum atomic E-state index is 0.585. The maximum atomic E-state index is 5.93. The first kappa shape index (κ1) is 13.4. The number of benzene rings is 1. The minimum Gasteiger partial charge on any atom is -0.261 e. The summed E-state index contributed by atoms with van der Waals surface area (Å²) in [4.78, 5) is 8.32. The molecule has 8 heteroatoms. The van der Waals surface area contributed by atoms with Crippen LogP contribution in [-0.2, 0) is 0 Å². The summed E-state index contributed by atoms with van der Waals surface area (Å²) in [7, 11) is 0. The van der Waals surface area contributed by atoms with E-state index in [9.17, 15) is 0 Å². The maximum absolute atomic E-state index is 5.93. The molecule has 0 N–H and O–H groups in total. The Morgan fingerprint density at radius 2 is 1.95 bits per heavy atom. The molecule has 0 bridgehead atoms. The van der Waals surface area contributed by atoms with Crippen molar-refractivity contribution >= 4 is 29.1 Å². The summed E-state index contributed by atoms with van der Waals surface area (Å²) in [5.41, 5.74) is 2.61. The summed E-state index contributed by atoms with van der Waals surface area (Å²) in [6, 6.07) is 7.63. The molecule has 1 aliphatic rings. The van der Waals surface area contributed by atoms with Crippen LogP contribution in [0.4, 0.5) is 0 Å². The molecule has 0 saturated heterocycles. The summed E-state index contributed by atoms with van der Waals surface area (Å²) in [6.45, 7) is 0. The second-order valence-electron chi connectivity index (χ2n) is 4.55. The van der Waals surface area contributed by atoms with Crippen LogP contribution >= 0.6 is 23.4 Å². The zero-order valence-corrected chi connectivity index (χ0v) is 12.8. The quantitative estimate of drug-likeness (QED) is 0.723. The minimum absolute atomic E-state index is 0.585. The molecule has 0 spiro atoms. The molecule has 0 fully saturated rings. The number of nitrogens with zero attached hydrogens (tertiary/aromatic N) is 6. The highest BCUT2D eigenvalue weighted by Gasteiger charge is 2.21. The first-order valence-corrected chi connectivity index (χ1v) is 7.86. The van der Waals surface area contributed by atoms with E-state index in [2.05, 4.69) is 25.3 Å². The van der Waals surface area contributed by atoms with Gasteiger partial charge in [-0.1, -0.05) is 35.5 Å². The molecule has 22 heavy (non-hydrogen) atoms. The van der Waals surface area contributed by atoms with Gasteiger partial charge in [0, 0.05) is 23.2 Å². The van der Waals surface area contributed by atoms with E-state index < -0.39 is 0 Å². The molecule has 2 aromatic heterocycles. The molecule has 6 nitrogen and oxygen atoms in total. The zero-order valence-electron chi connectivity index (χ0n) is 11.2. The van der Waals surface area contributed by atoms with Gasteiger partial charge >= 0.3 is 0 Å². The number of hydrogen-bond donors (Lipinski definition) is 0. The zero-order chi connectivity index (χ0) is 14.9. The molecule has 0 radical (unpaired) electrons. The molecule has 0 amide bonds. The van der Waals surface area contributed by atoms with Crippen LogP contribution in [0.25, 0.3) is 11.5 Å². The fraction of sp³-hybridized carbons (Fsp3) is 0.0714. The van der Waals surface area contributed by atoms with E-state index in [1.165, 1.54) is 0 Å². The maximum Gasteiger partial charge on any atom is 0.212 e. The van der Waals surface area contributed by atoms with Crippen LogP contribution in [0.15, 0.2) is 53.1 Å². The van der Waals surface area contributed by atoms with Crippen LogP contribution in [-0.4, -0.2) is 36.3 Å². The van der Waals surface area contributed by atoms with Crippen molar-refractivity contribution in [1.82, 2.24) is 24.8 Å². The Morgan fingerprint density at radius 3 is 2.73 bits per heavy atom. The van der Waals surface area contributed by atoms with Gasteiger partial charge in [-0.05, 0) is 17.7 Å². The van der Waals surface area contributed by atoms with E-state index in [0.29, 0.717) is 16.5 Å². The highest BCUT2D eigenvalue weighted by atomic mass is 35.5. The third kappa shape index (κ3) is 2.38. The summed E-state index contributed by atoms with van der Waals surface area (Å²) in [5, 5.41) is 14.4. The lowest BCUT2D eigenvalue weighted by atomic mass is 10.1. The number of fused-ring (bicyclic) bond motifs is 1. The van der Waals surface area contributed by atoms with Crippen LogP contribution in [0, 0.1) is 0 Å². The van der Waals surface area contributed by atoms with Gasteiger partial charge in [-0.25, -0.2) is 4.98 Å². The van der Waals surface area contributed by atoms with E-state index in [0.717, 1.165) is 22.2 Å². The molecule has 0 saturated carbocycles. The second kappa shape index (κ2) is 5.51. The van der Waals surface area contributed by atoms with Gasteiger partial charge in [0.15, 0.2) is 0 Å². The average Bonchev–Trinajstić information content (AvgIpc) is 2.99. The first-order chi connectivity index (χ1) is 10.8. The van der Waals surface area contributed by atoms with Crippen molar-refractivity contribution in [3.63, 3.8) is 0 Å². The number of hydrogen-bond acceptors (Lipinski definition) is 6. The van der Waals surface area contributed by atoms with E-state index in [1.807, 2.05) is 24.3 Å². The van der Waals surface area contributed by atoms with E-state index >= 15 is 0 Å². The van der Waals surface area contributed by atoms with E-state index in [1.54, 1.807) is 35.0 Å². The third-order valence-electron chi connectivity index (χ3n) is 3.14. The van der Waals surface area contributed by atoms with Gasteiger partial charge in [0.05, 0.1) is 11.9 Å². The number of thioether (sulfide) groups is 1. The lowest BCUT2D eigenvalue weighted by molar-refractivity contribution is 0.760. The smallest absolute Gasteiger partial charge is 0.212 e. The average molecular weight is 329 g/mol. The molecule has 1 aliphatic heterocycles. The summed E-state index contributed by atoms with van der Waals surface area (Å²) < 4.78 is 1.71. The molecular formula is C14H9ClN6S. The highest BCUT2D eigenvalue weighted by molar-refractivity contribution is 7.99. The molecule has 0 atom stereocenters. The van der Waals surface area contributed by atoms with Crippen molar-refractivity contribution in [1.29, 1.82) is 0 Å². The van der Waals surface area contributed by atoms with Crippen LogP contribution < -0.4 is 0 Å². The van der Waals surface area contributed by atoms with Gasteiger partial charge < -0.3 is 0 Å². The molecule has 1 aromatic carbocycles.